The molecule has 1 aromatic carbocycles. The Morgan fingerprint density at radius 1 is 1.29 bits per heavy atom. The summed E-state index contributed by atoms with van der Waals surface area (Å²) in [6.45, 7) is 0.287. The molecule has 21 heavy (non-hydrogen) atoms. The zero-order chi connectivity index (χ0) is 15.7. The number of rotatable bonds is 10. The van der Waals surface area contributed by atoms with Crippen molar-refractivity contribution in [3.8, 4) is 5.75 Å². The fraction of sp³-hybridized carbons (Fsp3) is 0.571. The average molecular weight is 319 g/mol. The Hall–Kier alpha value is -1.34. The molecule has 0 bridgehead atoms. The number of aliphatic hydroxyl groups excluding tert-OH is 1. The quantitative estimate of drug-likeness (QED) is 0.645. The van der Waals surface area contributed by atoms with E-state index in [1.165, 1.54) is 12.1 Å². The Labute approximate surface area is 125 Å². The number of hydrogen-bond donors (Lipinski definition) is 2. The van der Waals surface area contributed by atoms with E-state index in [2.05, 4.69) is 5.32 Å². The lowest BCUT2D eigenvalue weighted by atomic mass is 10.2. The van der Waals surface area contributed by atoms with Gasteiger partial charge in [-0.05, 0) is 37.5 Å². The van der Waals surface area contributed by atoms with Gasteiger partial charge >= 0.3 is 0 Å². The fourth-order valence-corrected chi connectivity index (χ4v) is 2.43. The van der Waals surface area contributed by atoms with Crippen LogP contribution in [0.2, 0.25) is 0 Å². The molecule has 0 aliphatic heterocycles. The molecule has 1 aromatic rings. The van der Waals surface area contributed by atoms with E-state index in [4.69, 9.17) is 9.84 Å². The van der Waals surface area contributed by atoms with E-state index in [0.717, 1.165) is 19.1 Å². The van der Waals surface area contributed by atoms with E-state index in [0.29, 0.717) is 24.4 Å². The van der Waals surface area contributed by atoms with Crippen LogP contribution in [-0.2, 0) is 9.84 Å². The van der Waals surface area contributed by atoms with E-state index in [-0.39, 0.29) is 24.8 Å². The molecule has 0 aliphatic rings. The molecule has 120 valence electrons. The van der Waals surface area contributed by atoms with E-state index in [9.17, 15) is 12.8 Å². The maximum Gasteiger partial charge on any atom is 0.175 e. The fourth-order valence-electron chi connectivity index (χ4n) is 1.78. The first-order valence-electron chi connectivity index (χ1n) is 6.86. The standard InChI is InChI=1S/C14H22FNO4S/c1-21(18,19)12-5-6-14(20-10-9-17)13(11-12)16-8-4-2-3-7-15/h5-6,11,16-17H,2-4,7-10H2,1H3. The molecule has 0 aromatic heterocycles. The number of unbranched alkanes of at least 4 members (excludes halogenated alkanes) is 2. The maximum atomic E-state index is 12.0. The molecule has 1 rings (SSSR count). The van der Waals surface area contributed by atoms with Crippen LogP contribution in [0.15, 0.2) is 23.1 Å². The molecule has 0 radical (unpaired) electrons. The van der Waals surface area contributed by atoms with Gasteiger partial charge in [0.15, 0.2) is 9.84 Å². The Kier molecular flexibility index (Phi) is 7.45. The van der Waals surface area contributed by atoms with Gasteiger partial charge in [-0.2, -0.15) is 0 Å². The van der Waals surface area contributed by atoms with Gasteiger partial charge in [0.2, 0.25) is 0 Å². The largest absolute Gasteiger partial charge is 0.489 e. The predicted octanol–water partition coefficient (Wildman–Crippen LogP) is 2.01. The highest BCUT2D eigenvalue weighted by molar-refractivity contribution is 7.90. The highest BCUT2D eigenvalue weighted by Crippen LogP contribution is 2.28. The molecule has 0 saturated carbocycles. The zero-order valence-corrected chi connectivity index (χ0v) is 13.0. The summed E-state index contributed by atoms with van der Waals surface area (Å²) < 4.78 is 40.5. The number of aliphatic hydroxyl groups is 1. The topological polar surface area (TPSA) is 75.6 Å². The van der Waals surface area contributed by atoms with Gasteiger partial charge in [0.05, 0.1) is 23.9 Å². The number of benzene rings is 1. The van der Waals surface area contributed by atoms with Crippen LogP contribution in [0.1, 0.15) is 19.3 Å². The zero-order valence-electron chi connectivity index (χ0n) is 12.1. The Bertz CT molecular complexity index is 534. The number of halogens is 1. The minimum atomic E-state index is -3.30. The van der Waals surface area contributed by atoms with Crippen LogP contribution in [0, 0.1) is 0 Å². The third kappa shape index (κ3) is 6.31. The van der Waals surface area contributed by atoms with Gasteiger partial charge < -0.3 is 15.2 Å². The van der Waals surface area contributed by atoms with Crippen LogP contribution in [-0.4, -0.2) is 46.2 Å². The second kappa shape index (κ2) is 8.84. The second-order valence-electron chi connectivity index (χ2n) is 4.68. The predicted molar refractivity (Wildman–Crippen MR) is 80.4 cm³/mol. The van der Waals surface area contributed by atoms with Crippen molar-refractivity contribution in [1.29, 1.82) is 0 Å². The number of nitrogens with one attached hydrogen (secondary N) is 1. The summed E-state index contributed by atoms with van der Waals surface area (Å²) in [7, 11) is -3.30. The summed E-state index contributed by atoms with van der Waals surface area (Å²) in [5, 5.41) is 11.9. The summed E-state index contributed by atoms with van der Waals surface area (Å²) >= 11 is 0. The van der Waals surface area contributed by atoms with Crippen LogP contribution >= 0.6 is 0 Å². The van der Waals surface area contributed by atoms with Gasteiger partial charge in [-0.25, -0.2) is 8.42 Å². The molecule has 5 nitrogen and oxygen atoms in total. The van der Waals surface area contributed by atoms with Crippen molar-refractivity contribution in [1.82, 2.24) is 0 Å². The lowest BCUT2D eigenvalue weighted by Crippen LogP contribution is -2.08. The van der Waals surface area contributed by atoms with E-state index in [1.807, 2.05) is 0 Å². The monoisotopic (exact) mass is 319 g/mol. The molecule has 0 fully saturated rings. The first kappa shape index (κ1) is 17.7. The molecule has 0 saturated heterocycles. The number of ether oxygens (including phenoxy) is 1. The number of hydrogen-bond acceptors (Lipinski definition) is 5. The molecule has 0 spiro atoms. The molecule has 0 heterocycles. The van der Waals surface area contributed by atoms with Crippen LogP contribution in [0.5, 0.6) is 5.75 Å². The van der Waals surface area contributed by atoms with Crippen LogP contribution in [0.25, 0.3) is 0 Å². The number of sulfone groups is 1. The third-order valence-electron chi connectivity index (χ3n) is 2.85. The summed E-state index contributed by atoms with van der Waals surface area (Å²) in [5.41, 5.74) is 0.562. The van der Waals surface area contributed by atoms with Crippen molar-refractivity contribution < 1.29 is 22.7 Å². The Balaban J connectivity index is 2.79. The smallest absolute Gasteiger partial charge is 0.175 e. The van der Waals surface area contributed by atoms with Crippen LogP contribution in [0.4, 0.5) is 10.1 Å². The van der Waals surface area contributed by atoms with Gasteiger partial charge in [-0.3, -0.25) is 4.39 Å². The molecular formula is C14H22FNO4S. The van der Waals surface area contributed by atoms with Crippen molar-refractivity contribution >= 4 is 15.5 Å². The minimum absolute atomic E-state index is 0.121. The van der Waals surface area contributed by atoms with Gasteiger partial charge in [0.1, 0.15) is 12.4 Å². The molecule has 0 atom stereocenters. The van der Waals surface area contributed by atoms with E-state index in [1.54, 1.807) is 6.07 Å². The Morgan fingerprint density at radius 2 is 2.05 bits per heavy atom. The molecule has 2 N–H and O–H groups in total. The molecular weight excluding hydrogens is 297 g/mol. The lowest BCUT2D eigenvalue weighted by molar-refractivity contribution is 0.202. The molecule has 0 aliphatic carbocycles. The highest BCUT2D eigenvalue weighted by Gasteiger charge is 2.11. The SMILES string of the molecule is CS(=O)(=O)c1ccc(OCCO)c(NCCCCCF)c1. The van der Waals surface area contributed by atoms with E-state index < -0.39 is 9.84 Å². The summed E-state index contributed by atoms with van der Waals surface area (Å²) in [6, 6.07) is 4.55. The number of alkyl halides is 1. The number of anilines is 1. The van der Waals surface area contributed by atoms with Crippen molar-refractivity contribution in [2.75, 3.05) is 38.0 Å². The van der Waals surface area contributed by atoms with Crippen molar-refractivity contribution in [3.05, 3.63) is 18.2 Å². The maximum absolute atomic E-state index is 12.0. The molecule has 0 unspecified atom stereocenters. The van der Waals surface area contributed by atoms with Crippen LogP contribution in [0.3, 0.4) is 0 Å². The molecule has 7 heteroatoms. The van der Waals surface area contributed by atoms with E-state index >= 15 is 0 Å². The molecule has 0 amide bonds. The van der Waals surface area contributed by atoms with Gasteiger partial charge in [-0.15, -0.1) is 0 Å². The van der Waals surface area contributed by atoms with Gasteiger partial charge in [0, 0.05) is 12.8 Å². The first-order valence-corrected chi connectivity index (χ1v) is 8.75. The first-order chi connectivity index (χ1) is 9.99. The lowest BCUT2D eigenvalue weighted by Gasteiger charge is -2.14. The summed E-state index contributed by atoms with van der Waals surface area (Å²) in [5.74, 6) is 0.488. The van der Waals surface area contributed by atoms with Crippen molar-refractivity contribution in [2.45, 2.75) is 24.2 Å². The normalized spacial score (nSPS) is 11.4. The van der Waals surface area contributed by atoms with Gasteiger partial charge in [0.25, 0.3) is 0 Å². The average Bonchev–Trinajstić information content (AvgIpc) is 2.44. The highest BCUT2D eigenvalue weighted by atomic mass is 32.2. The summed E-state index contributed by atoms with van der Waals surface area (Å²) in [6.07, 6.45) is 3.22. The Morgan fingerprint density at radius 3 is 2.67 bits per heavy atom. The second-order valence-corrected chi connectivity index (χ2v) is 6.69. The minimum Gasteiger partial charge on any atom is -0.489 e. The summed E-state index contributed by atoms with van der Waals surface area (Å²) in [4.78, 5) is 0.199. The van der Waals surface area contributed by atoms with Gasteiger partial charge in [-0.1, -0.05) is 0 Å². The van der Waals surface area contributed by atoms with Crippen LogP contribution < -0.4 is 10.1 Å². The van der Waals surface area contributed by atoms with Crippen molar-refractivity contribution in [3.63, 3.8) is 0 Å². The van der Waals surface area contributed by atoms with Crippen molar-refractivity contribution in [2.24, 2.45) is 0 Å². The third-order valence-corrected chi connectivity index (χ3v) is 3.96.